The van der Waals surface area contributed by atoms with Gasteiger partial charge in [0.15, 0.2) is 21.2 Å². The van der Waals surface area contributed by atoms with Gasteiger partial charge in [0.2, 0.25) is 6.79 Å². The van der Waals surface area contributed by atoms with Crippen LogP contribution in [0, 0.1) is 11.3 Å². The average Bonchev–Trinajstić information content (AvgIpc) is 3.50. The third-order valence-electron chi connectivity index (χ3n) is 7.56. The molecule has 3 atom stereocenters. The van der Waals surface area contributed by atoms with Crippen molar-refractivity contribution in [3.8, 4) is 17.6 Å². The van der Waals surface area contributed by atoms with Crippen molar-refractivity contribution in [3.63, 3.8) is 0 Å². The Kier molecular flexibility index (Phi) is 9.27. The van der Waals surface area contributed by atoms with Crippen molar-refractivity contribution < 1.29 is 28.7 Å². The van der Waals surface area contributed by atoms with Gasteiger partial charge in [-0.25, -0.2) is 0 Å². The number of piperazine rings is 1. The minimum Gasteiger partial charge on any atom is -0.454 e. The van der Waals surface area contributed by atoms with Crippen LogP contribution < -0.4 is 20.1 Å². The van der Waals surface area contributed by atoms with E-state index < -0.39 is 38.1 Å². The molecule has 2 unspecified atom stereocenters. The SMILES string of the molecule is CCCC1(SC(=O)Nc2ccccc2)C(=O)N(C)[C@@](C)(SC(=O)Nc2ccccc2)C(=O)N1C(C#N)c1ccc2c(c1)OCO2. The number of ether oxygens (including phenoxy) is 2. The number of carbonyl (C=O) groups is 4. The van der Waals surface area contributed by atoms with Gasteiger partial charge in [0.1, 0.15) is 6.04 Å². The Morgan fingerprint density at radius 3 is 2.07 bits per heavy atom. The Bertz CT molecular complexity index is 1650. The van der Waals surface area contributed by atoms with Crippen LogP contribution in [0.4, 0.5) is 21.0 Å². The minimum atomic E-state index is -1.83. The number of likely N-dealkylation sites (N-methyl/N-ethyl adjacent to an activating group) is 1. The van der Waals surface area contributed by atoms with Crippen LogP contribution in [0.2, 0.25) is 0 Å². The van der Waals surface area contributed by atoms with E-state index in [-0.39, 0.29) is 13.2 Å². The third kappa shape index (κ3) is 6.16. The van der Waals surface area contributed by atoms with Gasteiger partial charge in [0.05, 0.1) is 6.07 Å². The van der Waals surface area contributed by atoms with Crippen LogP contribution >= 0.6 is 23.5 Å². The van der Waals surface area contributed by atoms with Crippen LogP contribution in [-0.2, 0) is 9.59 Å². The number of nitrogens with one attached hydrogen (secondary N) is 2. The summed E-state index contributed by atoms with van der Waals surface area (Å²) in [6.07, 6.45) is 0.446. The lowest BCUT2D eigenvalue weighted by Gasteiger charge is -2.55. The predicted molar refractivity (Wildman–Crippen MR) is 173 cm³/mol. The standard InChI is InChI=1S/C32H31N5O6S2/c1-4-17-32(45-30(41)35-23-13-9-6-10-14-23)28(39)36(3)31(2,44-29(40)34-22-11-7-5-8-12-22)27(38)37(32)24(19-33)21-15-16-25-26(18-21)43-20-42-25/h5-16,18,24H,4,17,20H2,1-3H3,(H,34,40)(H,35,41)/t24?,31-,32?/m0/s1. The zero-order valence-electron chi connectivity index (χ0n) is 24.8. The molecule has 3 aromatic rings. The molecule has 0 aliphatic carbocycles. The summed E-state index contributed by atoms with van der Waals surface area (Å²) in [7, 11) is 1.43. The molecule has 2 aliphatic rings. The van der Waals surface area contributed by atoms with E-state index in [4.69, 9.17) is 9.47 Å². The maximum atomic E-state index is 14.8. The number of para-hydroxylation sites is 2. The van der Waals surface area contributed by atoms with Gasteiger partial charge in [0, 0.05) is 18.4 Å². The van der Waals surface area contributed by atoms with E-state index in [9.17, 15) is 24.4 Å². The molecule has 11 nitrogen and oxygen atoms in total. The predicted octanol–water partition coefficient (Wildman–Crippen LogP) is 6.42. The monoisotopic (exact) mass is 645 g/mol. The summed E-state index contributed by atoms with van der Waals surface area (Å²) in [5, 5.41) is 15.0. The van der Waals surface area contributed by atoms with Crippen molar-refractivity contribution in [1.29, 1.82) is 5.26 Å². The second-order valence-electron chi connectivity index (χ2n) is 10.5. The molecule has 1 fully saturated rings. The summed E-state index contributed by atoms with van der Waals surface area (Å²) in [5.74, 6) is -0.419. The highest BCUT2D eigenvalue weighted by atomic mass is 32.2. The lowest BCUT2D eigenvalue weighted by Crippen LogP contribution is -2.73. The molecule has 0 aromatic heterocycles. The molecule has 5 rings (SSSR count). The smallest absolute Gasteiger partial charge is 0.286 e. The largest absolute Gasteiger partial charge is 0.454 e. The van der Waals surface area contributed by atoms with Gasteiger partial charge in [-0.2, -0.15) is 5.26 Å². The fourth-order valence-corrected chi connectivity index (χ4v) is 7.49. The molecule has 0 spiro atoms. The molecule has 0 radical (unpaired) electrons. The number of nitrogens with zero attached hydrogens (tertiary/aromatic N) is 3. The Morgan fingerprint density at radius 2 is 1.49 bits per heavy atom. The number of benzene rings is 3. The minimum absolute atomic E-state index is 0.00243. The van der Waals surface area contributed by atoms with Gasteiger partial charge < -0.3 is 25.0 Å². The molecule has 2 aliphatic heterocycles. The van der Waals surface area contributed by atoms with Crippen molar-refractivity contribution in [2.24, 2.45) is 0 Å². The Labute approximate surface area is 269 Å². The molecular formula is C32H31N5O6S2. The van der Waals surface area contributed by atoms with Crippen LogP contribution in [0.5, 0.6) is 11.5 Å². The number of carbonyl (C=O) groups excluding carboxylic acids is 4. The summed E-state index contributed by atoms with van der Waals surface area (Å²) in [6.45, 7) is 3.29. The number of hydrogen-bond acceptors (Lipinski definition) is 9. The van der Waals surface area contributed by atoms with Crippen molar-refractivity contribution in [1.82, 2.24) is 9.80 Å². The van der Waals surface area contributed by atoms with Crippen LogP contribution in [0.15, 0.2) is 78.9 Å². The number of hydrogen-bond donors (Lipinski definition) is 2. The van der Waals surface area contributed by atoms with Gasteiger partial charge in [-0.05, 0) is 78.8 Å². The Hall–Kier alpha value is -4.67. The highest BCUT2D eigenvalue weighted by Crippen LogP contribution is 2.51. The number of anilines is 2. The van der Waals surface area contributed by atoms with Gasteiger partial charge in [-0.1, -0.05) is 55.8 Å². The summed E-state index contributed by atoms with van der Waals surface area (Å²) in [6, 6.07) is 23.1. The van der Waals surface area contributed by atoms with Crippen molar-refractivity contribution in [2.75, 3.05) is 24.5 Å². The van der Waals surface area contributed by atoms with Gasteiger partial charge in [-0.3, -0.25) is 24.1 Å². The Balaban J connectivity index is 1.59. The molecule has 0 bridgehead atoms. The number of amides is 4. The van der Waals surface area contributed by atoms with Gasteiger partial charge in [0.25, 0.3) is 22.3 Å². The van der Waals surface area contributed by atoms with Crippen molar-refractivity contribution in [3.05, 3.63) is 84.4 Å². The number of nitriles is 1. The summed E-state index contributed by atoms with van der Waals surface area (Å²) in [5.41, 5.74) is 1.37. The van der Waals surface area contributed by atoms with E-state index in [1.807, 2.05) is 6.92 Å². The third-order valence-corrected chi connectivity index (χ3v) is 9.89. The summed E-state index contributed by atoms with van der Waals surface area (Å²) >= 11 is 1.27. The summed E-state index contributed by atoms with van der Waals surface area (Å²) in [4.78, 5) is 55.0. The van der Waals surface area contributed by atoms with Crippen LogP contribution in [0.3, 0.4) is 0 Å². The number of thioether (sulfide) groups is 2. The first kappa shape index (κ1) is 31.7. The molecule has 1 saturated heterocycles. The molecule has 13 heteroatoms. The van der Waals surface area contributed by atoms with Gasteiger partial charge >= 0.3 is 0 Å². The van der Waals surface area contributed by atoms with E-state index in [2.05, 4.69) is 16.7 Å². The Morgan fingerprint density at radius 1 is 0.911 bits per heavy atom. The van der Waals surface area contributed by atoms with E-state index in [0.29, 0.717) is 58.4 Å². The van der Waals surface area contributed by atoms with Crippen LogP contribution in [-0.4, -0.2) is 55.7 Å². The lowest BCUT2D eigenvalue weighted by molar-refractivity contribution is -0.166. The van der Waals surface area contributed by atoms with E-state index in [1.54, 1.807) is 78.9 Å². The second kappa shape index (κ2) is 13.1. The lowest BCUT2D eigenvalue weighted by atomic mass is 9.95. The maximum Gasteiger partial charge on any atom is 0.286 e. The van der Waals surface area contributed by atoms with Crippen LogP contribution in [0.25, 0.3) is 0 Å². The molecule has 232 valence electrons. The number of rotatable bonds is 8. The fourth-order valence-electron chi connectivity index (χ4n) is 5.27. The first-order chi connectivity index (χ1) is 21.6. The normalized spacial score (nSPS) is 21.2. The highest BCUT2D eigenvalue weighted by molar-refractivity contribution is 8.16. The van der Waals surface area contributed by atoms with Gasteiger partial charge in [-0.15, -0.1) is 0 Å². The molecule has 2 heterocycles. The topological polar surface area (TPSA) is 141 Å². The van der Waals surface area contributed by atoms with Crippen molar-refractivity contribution in [2.45, 2.75) is 42.5 Å². The molecule has 3 aromatic carbocycles. The fraction of sp³-hybridized carbons (Fsp3) is 0.281. The van der Waals surface area contributed by atoms with Crippen molar-refractivity contribution >= 4 is 57.2 Å². The summed E-state index contributed by atoms with van der Waals surface area (Å²) < 4.78 is 11.0. The number of fused-ring (bicyclic) bond motifs is 1. The molecule has 45 heavy (non-hydrogen) atoms. The van der Waals surface area contributed by atoms with E-state index >= 15 is 0 Å². The first-order valence-corrected chi connectivity index (χ1v) is 15.8. The average molecular weight is 646 g/mol. The zero-order valence-corrected chi connectivity index (χ0v) is 26.4. The zero-order chi connectivity index (χ0) is 32.2. The first-order valence-electron chi connectivity index (χ1n) is 14.1. The maximum absolute atomic E-state index is 14.8. The quantitative estimate of drug-likeness (QED) is 0.284. The molecular weight excluding hydrogens is 615 g/mol. The van der Waals surface area contributed by atoms with Crippen LogP contribution in [0.1, 0.15) is 38.3 Å². The molecule has 4 amide bonds. The highest BCUT2D eigenvalue weighted by Gasteiger charge is 2.64. The van der Waals surface area contributed by atoms with E-state index in [0.717, 1.165) is 0 Å². The molecule has 0 saturated carbocycles. The van der Waals surface area contributed by atoms with E-state index in [1.165, 1.54) is 23.8 Å². The molecule has 2 N–H and O–H groups in total. The second-order valence-corrected chi connectivity index (χ2v) is 13.1.